The average Bonchev–Trinajstić information content (AvgIpc) is 2.86. The van der Waals surface area contributed by atoms with Gasteiger partial charge in [-0.15, -0.1) is 0 Å². The third kappa shape index (κ3) is 2.58. The quantitative estimate of drug-likeness (QED) is 0.707. The number of nitrogens with one attached hydrogen (secondary N) is 1. The monoisotopic (exact) mass is 304 g/mol. The molecule has 114 valence electrons. The number of fused-ring (bicyclic) bond motifs is 1. The minimum Gasteiger partial charge on any atom is -0.353 e. The Morgan fingerprint density at radius 3 is 2.59 bits per heavy atom. The van der Waals surface area contributed by atoms with Crippen molar-refractivity contribution in [1.29, 1.82) is 0 Å². The van der Waals surface area contributed by atoms with E-state index in [0.717, 1.165) is 29.4 Å². The summed E-state index contributed by atoms with van der Waals surface area (Å²) in [5, 5.41) is 0.623. The molecule has 0 saturated carbocycles. The Hall–Kier alpha value is -2.30. The molecule has 3 aromatic rings. The van der Waals surface area contributed by atoms with E-state index in [-0.39, 0.29) is 0 Å². The first-order chi connectivity index (χ1) is 10.5. The molecule has 1 aromatic carbocycles. The third-order valence-corrected chi connectivity index (χ3v) is 3.65. The molecule has 0 aliphatic heterocycles. The van der Waals surface area contributed by atoms with Crippen LogP contribution in [-0.4, -0.2) is 9.97 Å². The lowest BCUT2D eigenvalue weighted by Crippen LogP contribution is -2.04. The van der Waals surface area contributed by atoms with Crippen LogP contribution in [0, 0.1) is 0 Å². The fourth-order valence-corrected chi connectivity index (χ4v) is 2.66. The number of hydrogen-bond acceptors (Lipinski definition) is 1. The van der Waals surface area contributed by atoms with Gasteiger partial charge in [-0.05, 0) is 42.3 Å². The molecular weight excluding hydrogens is 289 g/mol. The number of rotatable bonds is 3. The molecule has 2 aromatic heterocycles. The topological polar surface area (TPSA) is 28.7 Å². The first-order valence-corrected chi connectivity index (χ1v) is 7.14. The minimum absolute atomic E-state index is 0.621. The van der Waals surface area contributed by atoms with Crippen LogP contribution >= 0.6 is 0 Å². The zero-order valence-electron chi connectivity index (χ0n) is 12.0. The van der Waals surface area contributed by atoms with Gasteiger partial charge >= 0.3 is 6.18 Å². The first kappa shape index (κ1) is 14.6. The standard InChI is InChI=1S/C17H15F3N2/c1-2-5-12-13-10-11(17(18,19)20)7-8-14(13)22-16(12)15-6-3-4-9-21-15/h3-4,6-10,22H,2,5H2,1H3. The van der Waals surface area contributed by atoms with Gasteiger partial charge in [0.05, 0.1) is 17.0 Å². The smallest absolute Gasteiger partial charge is 0.353 e. The van der Waals surface area contributed by atoms with Crippen molar-refractivity contribution in [2.45, 2.75) is 25.9 Å². The van der Waals surface area contributed by atoms with Gasteiger partial charge in [-0.1, -0.05) is 19.4 Å². The molecule has 0 aliphatic rings. The maximum Gasteiger partial charge on any atom is 0.416 e. The summed E-state index contributed by atoms with van der Waals surface area (Å²) in [6.45, 7) is 2.01. The van der Waals surface area contributed by atoms with Crippen molar-refractivity contribution in [3.05, 3.63) is 53.7 Å². The Kier molecular flexibility index (Phi) is 3.64. The summed E-state index contributed by atoms with van der Waals surface area (Å²) in [6.07, 6.45) is -1.10. The molecule has 2 nitrogen and oxygen atoms in total. The van der Waals surface area contributed by atoms with Crippen molar-refractivity contribution in [2.75, 3.05) is 0 Å². The Bertz CT molecular complexity index is 789. The number of aromatic amines is 1. The predicted molar refractivity (Wildman–Crippen MR) is 80.5 cm³/mol. The molecule has 0 bridgehead atoms. The van der Waals surface area contributed by atoms with Crippen LogP contribution in [0.25, 0.3) is 22.3 Å². The predicted octanol–water partition coefficient (Wildman–Crippen LogP) is 5.20. The second kappa shape index (κ2) is 5.48. The maximum absolute atomic E-state index is 12.9. The number of aromatic nitrogens is 2. The normalized spacial score (nSPS) is 12.0. The highest BCUT2D eigenvalue weighted by Gasteiger charge is 2.31. The molecule has 2 heterocycles. The fraction of sp³-hybridized carbons (Fsp3) is 0.235. The van der Waals surface area contributed by atoms with E-state index in [9.17, 15) is 13.2 Å². The number of H-pyrrole nitrogens is 1. The van der Waals surface area contributed by atoms with Crippen molar-refractivity contribution in [3.8, 4) is 11.4 Å². The first-order valence-electron chi connectivity index (χ1n) is 7.14. The van der Waals surface area contributed by atoms with Crippen LogP contribution in [0.2, 0.25) is 0 Å². The van der Waals surface area contributed by atoms with Gasteiger partial charge in [0.25, 0.3) is 0 Å². The minimum atomic E-state index is -4.33. The van der Waals surface area contributed by atoms with Gasteiger partial charge in [-0.3, -0.25) is 4.98 Å². The van der Waals surface area contributed by atoms with Crippen LogP contribution in [0.15, 0.2) is 42.6 Å². The van der Waals surface area contributed by atoms with Gasteiger partial charge in [-0.2, -0.15) is 13.2 Å². The van der Waals surface area contributed by atoms with E-state index in [4.69, 9.17) is 0 Å². The van der Waals surface area contributed by atoms with Crippen LogP contribution in [-0.2, 0) is 12.6 Å². The summed E-state index contributed by atoms with van der Waals surface area (Å²) < 4.78 is 38.8. The van der Waals surface area contributed by atoms with Crippen molar-refractivity contribution < 1.29 is 13.2 Å². The van der Waals surface area contributed by atoms with E-state index < -0.39 is 11.7 Å². The second-order valence-electron chi connectivity index (χ2n) is 5.20. The summed E-state index contributed by atoms with van der Waals surface area (Å²) in [5.41, 5.74) is 2.52. The van der Waals surface area contributed by atoms with E-state index in [1.807, 2.05) is 25.1 Å². The summed E-state index contributed by atoms with van der Waals surface area (Å²) in [6, 6.07) is 9.36. The van der Waals surface area contributed by atoms with Gasteiger partial charge in [0.1, 0.15) is 0 Å². The molecule has 0 spiro atoms. The van der Waals surface area contributed by atoms with E-state index in [1.165, 1.54) is 12.1 Å². The lowest BCUT2D eigenvalue weighted by Gasteiger charge is -2.07. The summed E-state index contributed by atoms with van der Waals surface area (Å²) >= 11 is 0. The molecule has 5 heteroatoms. The Morgan fingerprint density at radius 1 is 1.14 bits per heavy atom. The zero-order valence-corrected chi connectivity index (χ0v) is 12.0. The number of hydrogen-bond donors (Lipinski definition) is 1. The highest BCUT2D eigenvalue weighted by atomic mass is 19.4. The lowest BCUT2D eigenvalue weighted by atomic mass is 10.0. The van der Waals surface area contributed by atoms with Crippen LogP contribution < -0.4 is 0 Å². The molecule has 22 heavy (non-hydrogen) atoms. The summed E-state index contributed by atoms with van der Waals surface area (Å²) in [4.78, 5) is 7.52. The highest BCUT2D eigenvalue weighted by Crippen LogP contribution is 2.35. The number of nitrogens with zero attached hydrogens (tertiary/aromatic N) is 1. The van der Waals surface area contributed by atoms with Crippen molar-refractivity contribution >= 4 is 10.9 Å². The molecule has 0 aliphatic carbocycles. The van der Waals surface area contributed by atoms with Crippen LogP contribution in [0.1, 0.15) is 24.5 Å². The molecule has 0 atom stereocenters. The Balaban J connectivity index is 2.24. The van der Waals surface area contributed by atoms with Gasteiger partial charge < -0.3 is 4.98 Å². The molecule has 1 N–H and O–H groups in total. The molecular formula is C17H15F3N2. The van der Waals surface area contributed by atoms with Crippen LogP contribution in [0.5, 0.6) is 0 Å². The summed E-state index contributed by atoms with van der Waals surface area (Å²) in [5.74, 6) is 0. The highest BCUT2D eigenvalue weighted by molar-refractivity contribution is 5.90. The van der Waals surface area contributed by atoms with E-state index in [1.54, 1.807) is 6.20 Å². The molecule has 0 radical (unpaired) electrons. The van der Waals surface area contributed by atoms with E-state index in [2.05, 4.69) is 9.97 Å². The maximum atomic E-state index is 12.9. The van der Waals surface area contributed by atoms with Crippen molar-refractivity contribution in [2.24, 2.45) is 0 Å². The number of alkyl halides is 3. The number of benzene rings is 1. The number of pyridine rings is 1. The molecule has 0 saturated heterocycles. The van der Waals surface area contributed by atoms with Crippen LogP contribution in [0.4, 0.5) is 13.2 Å². The van der Waals surface area contributed by atoms with Gasteiger partial charge in [0.2, 0.25) is 0 Å². The zero-order chi connectivity index (χ0) is 15.7. The second-order valence-corrected chi connectivity index (χ2v) is 5.20. The molecule has 3 rings (SSSR count). The van der Waals surface area contributed by atoms with E-state index in [0.29, 0.717) is 17.3 Å². The number of halogens is 3. The number of aryl methyl sites for hydroxylation is 1. The van der Waals surface area contributed by atoms with Gasteiger partial charge in [0.15, 0.2) is 0 Å². The largest absolute Gasteiger partial charge is 0.416 e. The average molecular weight is 304 g/mol. The van der Waals surface area contributed by atoms with Gasteiger partial charge in [-0.25, -0.2) is 0 Å². The third-order valence-electron chi connectivity index (χ3n) is 3.65. The summed E-state index contributed by atoms with van der Waals surface area (Å²) in [7, 11) is 0. The van der Waals surface area contributed by atoms with Crippen molar-refractivity contribution in [1.82, 2.24) is 9.97 Å². The Morgan fingerprint density at radius 2 is 1.95 bits per heavy atom. The fourth-order valence-electron chi connectivity index (χ4n) is 2.66. The van der Waals surface area contributed by atoms with Gasteiger partial charge in [0, 0.05) is 17.1 Å². The van der Waals surface area contributed by atoms with Crippen molar-refractivity contribution in [3.63, 3.8) is 0 Å². The molecule has 0 unspecified atom stereocenters. The SMILES string of the molecule is CCCc1c(-c2ccccn2)[nH]c2ccc(C(F)(F)F)cc12. The van der Waals surface area contributed by atoms with Crippen LogP contribution in [0.3, 0.4) is 0 Å². The Labute approximate surface area is 126 Å². The molecule has 0 fully saturated rings. The van der Waals surface area contributed by atoms with E-state index >= 15 is 0 Å². The lowest BCUT2D eigenvalue weighted by molar-refractivity contribution is -0.137. The molecule has 0 amide bonds.